The van der Waals surface area contributed by atoms with Crippen LogP contribution in [-0.2, 0) is 0 Å². The molecular formula is C35H31F3N6O2. The van der Waals surface area contributed by atoms with E-state index in [1.807, 2.05) is 0 Å². The van der Waals surface area contributed by atoms with Gasteiger partial charge in [0.1, 0.15) is 35.7 Å². The molecule has 46 heavy (non-hydrogen) atoms. The van der Waals surface area contributed by atoms with Crippen molar-refractivity contribution in [1.29, 1.82) is 5.26 Å². The van der Waals surface area contributed by atoms with Gasteiger partial charge >= 0.3 is 6.01 Å². The van der Waals surface area contributed by atoms with Gasteiger partial charge in [-0.2, -0.15) is 15.2 Å². The highest BCUT2D eigenvalue weighted by Crippen LogP contribution is 2.44. The minimum Gasteiger partial charge on any atom is -0.508 e. The number of phenols is 1. The second-order valence-electron chi connectivity index (χ2n) is 12.9. The number of ether oxygens (including phenoxy) is 1. The number of piperazine rings is 1. The summed E-state index contributed by atoms with van der Waals surface area (Å²) in [6, 6.07) is 9.19. The van der Waals surface area contributed by atoms with Crippen molar-refractivity contribution in [3.63, 3.8) is 0 Å². The van der Waals surface area contributed by atoms with Crippen LogP contribution in [0.5, 0.6) is 11.8 Å². The summed E-state index contributed by atoms with van der Waals surface area (Å²) in [4.78, 5) is 13.7. The number of nitriles is 1. The third-order valence-corrected chi connectivity index (χ3v) is 10.3. The largest absolute Gasteiger partial charge is 0.508 e. The van der Waals surface area contributed by atoms with Crippen LogP contribution in [-0.4, -0.2) is 76.6 Å². The van der Waals surface area contributed by atoms with Gasteiger partial charge < -0.3 is 20.1 Å². The van der Waals surface area contributed by atoms with E-state index >= 15 is 4.39 Å². The summed E-state index contributed by atoms with van der Waals surface area (Å²) in [5.41, 5.74) is -0.763. The molecule has 4 saturated heterocycles. The second-order valence-corrected chi connectivity index (χ2v) is 12.9. The van der Waals surface area contributed by atoms with Crippen molar-refractivity contribution in [1.82, 2.24) is 20.2 Å². The first-order valence-corrected chi connectivity index (χ1v) is 15.7. The van der Waals surface area contributed by atoms with E-state index < -0.39 is 23.3 Å². The number of nitrogens with zero attached hydrogens (tertiary/aromatic N) is 5. The zero-order valence-electron chi connectivity index (χ0n) is 25.0. The van der Waals surface area contributed by atoms with E-state index in [1.165, 1.54) is 24.3 Å². The van der Waals surface area contributed by atoms with Crippen LogP contribution < -0.4 is 15.0 Å². The monoisotopic (exact) mass is 624 g/mol. The van der Waals surface area contributed by atoms with Gasteiger partial charge in [0.15, 0.2) is 5.82 Å². The summed E-state index contributed by atoms with van der Waals surface area (Å²) in [6.07, 6.45) is 8.71. The van der Waals surface area contributed by atoms with Gasteiger partial charge in [0, 0.05) is 54.5 Å². The summed E-state index contributed by atoms with van der Waals surface area (Å²) in [6.45, 7) is 2.79. The average Bonchev–Trinajstić information content (AvgIpc) is 3.65. The first-order chi connectivity index (χ1) is 22.3. The minimum absolute atomic E-state index is 0.0327. The maximum atomic E-state index is 17.1. The SMILES string of the molecule is C#Cc1c(F)ccc2cc(O)cc(-c3c(C#N)cc4c(N5[C@@H]6CC[C@H]5CNC6)nc(OC[C@@]56CCCN5C[C@H](F)C6)nc4c3F)c12. The molecule has 5 heterocycles. The molecule has 0 saturated carbocycles. The first-order valence-electron chi connectivity index (χ1n) is 15.7. The summed E-state index contributed by atoms with van der Waals surface area (Å²) >= 11 is 0. The van der Waals surface area contributed by atoms with E-state index in [2.05, 4.69) is 32.1 Å². The van der Waals surface area contributed by atoms with E-state index in [-0.39, 0.29) is 63.6 Å². The molecule has 8 nitrogen and oxygen atoms in total. The summed E-state index contributed by atoms with van der Waals surface area (Å²) < 4.78 is 52.8. The van der Waals surface area contributed by atoms with Crippen LogP contribution in [0.25, 0.3) is 32.8 Å². The van der Waals surface area contributed by atoms with Crippen LogP contribution in [0, 0.1) is 35.3 Å². The van der Waals surface area contributed by atoms with E-state index in [1.54, 1.807) is 6.07 Å². The average molecular weight is 625 g/mol. The molecule has 4 aliphatic rings. The lowest BCUT2D eigenvalue weighted by Crippen LogP contribution is -2.52. The highest BCUT2D eigenvalue weighted by atomic mass is 19.1. The third-order valence-electron chi connectivity index (χ3n) is 10.3. The van der Waals surface area contributed by atoms with E-state index in [0.29, 0.717) is 29.6 Å². The molecule has 4 fully saturated rings. The first kappa shape index (κ1) is 28.9. The van der Waals surface area contributed by atoms with Crippen LogP contribution in [0.4, 0.5) is 19.0 Å². The van der Waals surface area contributed by atoms with Crippen molar-refractivity contribution in [3.05, 3.63) is 53.1 Å². The molecule has 2 bridgehead atoms. The molecule has 0 amide bonds. The number of terminal acetylenes is 1. The van der Waals surface area contributed by atoms with Crippen molar-refractivity contribution < 1.29 is 23.0 Å². The molecule has 0 radical (unpaired) electrons. The number of hydrogen-bond donors (Lipinski definition) is 2. The van der Waals surface area contributed by atoms with Crippen molar-refractivity contribution in [2.24, 2.45) is 0 Å². The van der Waals surface area contributed by atoms with E-state index in [4.69, 9.17) is 16.1 Å². The quantitative estimate of drug-likeness (QED) is 0.293. The number of halogens is 3. The van der Waals surface area contributed by atoms with Gasteiger partial charge in [-0.05, 0) is 67.4 Å². The topological polar surface area (TPSA) is 97.5 Å². The standard InChI is InChI=1S/C35H31F3N6O2/c1-2-25-28(37)7-4-19-10-24(45)12-26(29(19)25)30-20(14-39)11-27-32(31(30)38)41-34(42-33(27)44-22-5-6-23(44)16-40-15-22)46-18-35-8-3-9-43(35)17-21(36)13-35/h1,4,7,10-12,21-23,40,45H,3,5-6,8-9,13,15-18H2/t21-,22-,23+,35+/m1/s1. The Bertz CT molecular complexity index is 1990. The van der Waals surface area contributed by atoms with Gasteiger partial charge in [0.05, 0.1) is 22.7 Å². The summed E-state index contributed by atoms with van der Waals surface area (Å²) in [7, 11) is 0. The molecule has 11 heteroatoms. The highest BCUT2D eigenvalue weighted by Gasteiger charge is 2.49. The Balaban J connectivity index is 1.35. The fourth-order valence-electron chi connectivity index (χ4n) is 8.34. The number of aromatic nitrogens is 2. The van der Waals surface area contributed by atoms with Crippen molar-refractivity contribution in [2.45, 2.75) is 55.9 Å². The van der Waals surface area contributed by atoms with E-state index in [9.17, 15) is 19.1 Å². The van der Waals surface area contributed by atoms with Crippen molar-refractivity contribution in [2.75, 3.05) is 37.7 Å². The van der Waals surface area contributed by atoms with Crippen LogP contribution in [0.1, 0.15) is 43.2 Å². The summed E-state index contributed by atoms with van der Waals surface area (Å²) in [5, 5.41) is 25.4. The third kappa shape index (κ3) is 4.37. The Morgan fingerprint density at radius 3 is 2.72 bits per heavy atom. The number of phenolic OH excluding ortho intramolecular Hbond substituents is 1. The maximum Gasteiger partial charge on any atom is 0.319 e. The number of nitrogens with one attached hydrogen (secondary N) is 1. The van der Waals surface area contributed by atoms with Gasteiger partial charge in [-0.25, -0.2) is 13.2 Å². The van der Waals surface area contributed by atoms with E-state index in [0.717, 1.165) is 45.3 Å². The van der Waals surface area contributed by atoms with Gasteiger partial charge in [0.25, 0.3) is 0 Å². The van der Waals surface area contributed by atoms with Gasteiger partial charge in [-0.15, -0.1) is 6.42 Å². The number of benzene rings is 3. The molecule has 234 valence electrons. The molecule has 0 spiro atoms. The van der Waals surface area contributed by atoms with Gasteiger partial charge in [0.2, 0.25) is 0 Å². The molecule has 1 aromatic heterocycles. The Labute approximate surface area is 263 Å². The highest BCUT2D eigenvalue weighted by molar-refractivity contribution is 6.05. The lowest BCUT2D eigenvalue weighted by atomic mass is 9.90. The fourth-order valence-corrected chi connectivity index (χ4v) is 8.34. The molecule has 2 N–H and O–H groups in total. The van der Waals surface area contributed by atoms with Gasteiger partial charge in [-0.3, -0.25) is 4.90 Å². The molecule has 8 rings (SSSR count). The Hall–Kier alpha value is -4.58. The molecule has 4 aromatic rings. The molecule has 4 atom stereocenters. The number of hydrogen-bond acceptors (Lipinski definition) is 8. The Kier molecular flexibility index (Phi) is 6.75. The lowest BCUT2D eigenvalue weighted by Gasteiger charge is -2.37. The Morgan fingerprint density at radius 2 is 1.96 bits per heavy atom. The van der Waals surface area contributed by atoms with Gasteiger partial charge in [-0.1, -0.05) is 12.0 Å². The predicted octanol–water partition coefficient (Wildman–Crippen LogP) is 5.18. The van der Waals surface area contributed by atoms with Crippen LogP contribution in [0.2, 0.25) is 0 Å². The fraction of sp³-hybridized carbons (Fsp3) is 0.400. The summed E-state index contributed by atoms with van der Waals surface area (Å²) in [5.74, 6) is 1.11. The molecule has 0 unspecified atom stereocenters. The molecule has 0 aliphatic carbocycles. The zero-order valence-corrected chi connectivity index (χ0v) is 25.0. The van der Waals surface area contributed by atoms with Crippen LogP contribution in [0.3, 0.4) is 0 Å². The molecule has 4 aliphatic heterocycles. The minimum atomic E-state index is -0.937. The number of anilines is 1. The molecular weight excluding hydrogens is 593 g/mol. The van der Waals surface area contributed by atoms with Crippen molar-refractivity contribution >= 4 is 27.5 Å². The zero-order chi connectivity index (χ0) is 31.7. The Morgan fingerprint density at radius 1 is 1.15 bits per heavy atom. The van der Waals surface area contributed by atoms with Crippen molar-refractivity contribution in [3.8, 4) is 41.3 Å². The number of rotatable bonds is 5. The maximum absolute atomic E-state index is 17.1. The van der Waals surface area contributed by atoms with Crippen LogP contribution >= 0.6 is 0 Å². The predicted molar refractivity (Wildman–Crippen MR) is 167 cm³/mol. The lowest BCUT2D eigenvalue weighted by molar-refractivity contribution is 0.107. The second kappa shape index (κ2) is 10.8. The molecule has 3 aromatic carbocycles. The number of aromatic hydroxyl groups is 1. The van der Waals surface area contributed by atoms with Crippen LogP contribution in [0.15, 0.2) is 30.3 Å². The number of fused-ring (bicyclic) bond motifs is 5. The normalized spacial score (nSPS) is 25.6. The number of alkyl halides is 1. The smallest absolute Gasteiger partial charge is 0.319 e.